The molecule has 0 radical (unpaired) electrons. The van der Waals surface area contributed by atoms with Crippen molar-refractivity contribution in [1.82, 2.24) is 4.98 Å². The fourth-order valence-electron chi connectivity index (χ4n) is 2.42. The molecule has 0 unspecified atom stereocenters. The number of nitrogen functional groups attached to an aromatic ring is 1. The predicted molar refractivity (Wildman–Crippen MR) is 92.4 cm³/mol. The van der Waals surface area contributed by atoms with Crippen molar-refractivity contribution >= 4 is 38.2 Å². The van der Waals surface area contributed by atoms with Gasteiger partial charge in [-0.2, -0.15) is 0 Å². The van der Waals surface area contributed by atoms with Crippen LogP contribution in [0.25, 0.3) is 10.9 Å². The first-order chi connectivity index (χ1) is 10.0. The van der Waals surface area contributed by atoms with Crippen molar-refractivity contribution in [1.29, 1.82) is 0 Å². The minimum Gasteiger partial charge on any atom is -0.398 e. The number of benzene rings is 1. The molecule has 21 heavy (non-hydrogen) atoms. The van der Waals surface area contributed by atoms with Crippen LogP contribution in [0.5, 0.6) is 0 Å². The lowest BCUT2D eigenvalue weighted by Gasteiger charge is -2.30. The van der Waals surface area contributed by atoms with E-state index >= 15 is 0 Å². The third kappa shape index (κ3) is 3.30. The number of anilines is 2. The number of nitrogens with two attached hydrogens (primary N) is 1. The zero-order valence-electron chi connectivity index (χ0n) is 12.5. The van der Waals surface area contributed by atoms with Crippen LogP contribution in [0.15, 0.2) is 28.9 Å². The standard InChI is InChI=1S/C16H22BrN3O/c1-3-16(4-2,10-21)9-20-14-6-5-13(18)12-7-11(17)8-19-15(12)14/h5-8,20-21H,3-4,9-10,18H2,1-2H3. The van der Waals surface area contributed by atoms with Gasteiger partial charge in [0.15, 0.2) is 0 Å². The van der Waals surface area contributed by atoms with Gasteiger partial charge in [-0.15, -0.1) is 0 Å². The molecule has 0 aliphatic carbocycles. The zero-order chi connectivity index (χ0) is 15.5. The number of pyridine rings is 1. The van der Waals surface area contributed by atoms with Crippen LogP contribution in [0.1, 0.15) is 26.7 Å². The fraction of sp³-hybridized carbons (Fsp3) is 0.438. The molecule has 0 aliphatic rings. The SMILES string of the molecule is CCC(CC)(CO)CNc1ccc(N)c2cc(Br)cnc12. The van der Waals surface area contributed by atoms with Gasteiger partial charge in [-0.3, -0.25) is 4.98 Å². The van der Waals surface area contributed by atoms with Crippen LogP contribution in [0.4, 0.5) is 11.4 Å². The van der Waals surface area contributed by atoms with E-state index < -0.39 is 0 Å². The second kappa shape index (κ2) is 6.62. The highest BCUT2D eigenvalue weighted by atomic mass is 79.9. The fourth-order valence-corrected chi connectivity index (χ4v) is 2.75. The maximum atomic E-state index is 9.67. The second-order valence-corrected chi connectivity index (χ2v) is 6.39. The summed E-state index contributed by atoms with van der Waals surface area (Å²) in [5, 5.41) is 14.0. The Bertz CT molecular complexity index is 618. The monoisotopic (exact) mass is 351 g/mol. The molecule has 4 nitrogen and oxygen atoms in total. The quantitative estimate of drug-likeness (QED) is 0.692. The first kappa shape index (κ1) is 16.0. The average molecular weight is 352 g/mol. The number of hydrogen-bond donors (Lipinski definition) is 3. The summed E-state index contributed by atoms with van der Waals surface area (Å²) in [7, 11) is 0. The molecule has 1 aromatic heterocycles. The normalized spacial score (nSPS) is 11.8. The Morgan fingerprint density at radius 1 is 1.33 bits per heavy atom. The summed E-state index contributed by atoms with van der Waals surface area (Å²) in [5.41, 5.74) is 8.45. The Hall–Kier alpha value is -1.33. The van der Waals surface area contributed by atoms with Crippen LogP contribution in [0.3, 0.4) is 0 Å². The van der Waals surface area contributed by atoms with E-state index in [9.17, 15) is 5.11 Å². The summed E-state index contributed by atoms with van der Waals surface area (Å²) in [4.78, 5) is 4.47. The summed E-state index contributed by atoms with van der Waals surface area (Å²) in [6.07, 6.45) is 3.63. The van der Waals surface area contributed by atoms with Crippen molar-refractivity contribution in [2.75, 3.05) is 24.2 Å². The summed E-state index contributed by atoms with van der Waals surface area (Å²) in [6, 6.07) is 5.81. The molecule has 4 N–H and O–H groups in total. The van der Waals surface area contributed by atoms with Crippen LogP contribution in [0.2, 0.25) is 0 Å². The maximum Gasteiger partial charge on any atom is 0.0954 e. The Morgan fingerprint density at radius 3 is 2.67 bits per heavy atom. The molecule has 0 fully saturated rings. The Labute approximate surface area is 133 Å². The summed E-state index contributed by atoms with van der Waals surface area (Å²) < 4.78 is 0.908. The molecule has 114 valence electrons. The van der Waals surface area contributed by atoms with E-state index in [4.69, 9.17) is 5.73 Å². The van der Waals surface area contributed by atoms with Gasteiger partial charge in [-0.25, -0.2) is 0 Å². The van der Waals surface area contributed by atoms with E-state index in [1.54, 1.807) is 6.20 Å². The Kier molecular flexibility index (Phi) is 5.06. The first-order valence-electron chi connectivity index (χ1n) is 7.23. The number of aromatic nitrogens is 1. The lowest BCUT2D eigenvalue weighted by atomic mass is 9.83. The van der Waals surface area contributed by atoms with E-state index in [-0.39, 0.29) is 12.0 Å². The molecule has 0 amide bonds. The Morgan fingerprint density at radius 2 is 2.05 bits per heavy atom. The molecule has 2 rings (SSSR count). The molecule has 5 heteroatoms. The third-order valence-corrected chi connectivity index (χ3v) is 4.77. The van der Waals surface area contributed by atoms with Crippen molar-refractivity contribution in [2.24, 2.45) is 5.41 Å². The molecule has 0 atom stereocenters. The number of aliphatic hydroxyl groups excluding tert-OH is 1. The van der Waals surface area contributed by atoms with Crippen molar-refractivity contribution in [3.63, 3.8) is 0 Å². The maximum absolute atomic E-state index is 9.67. The van der Waals surface area contributed by atoms with Crippen LogP contribution in [-0.2, 0) is 0 Å². The van der Waals surface area contributed by atoms with Gasteiger partial charge in [-0.1, -0.05) is 13.8 Å². The van der Waals surface area contributed by atoms with Crippen molar-refractivity contribution in [2.45, 2.75) is 26.7 Å². The van der Waals surface area contributed by atoms with Gasteiger partial charge >= 0.3 is 0 Å². The average Bonchev–Trinajstić information content (AvgIpc) is 2.51. The molecule has 1 heterocycles. The number of aliphatic hydroxyl groups is 1. The Balaban J connectivity index is 2.33. The van der Waals surface area contributed by atoms with Gasteiger partial charge in [0.25, 0.3) is 0 Å². The van der Waals surface area contributed by atoms with Gasteiger partial charge in [-0.05, 0) is 47.0 Å². The summed E-state index contributed by atoms with van der Waals surface area (Å²) in [5.74, 6) is 0. The smallest absolute Gasteiger partial charge is 0.0954 e. The van der Waals surface area contributed by atoms with Crippen molar-refractivity contribution in [3.8, 4) is 0 Å². The number of rotatable bonds is 6. The summed E-state index contributed by atoms with van der Waals surface area (Å²) in [6.45, 7) is 5.11. The number of fused-ring (bicyclic) bond motifs is 1. The van der Waals surface area contributed by atoms with Crippen molar-refractivity contribution in [3.05, 3.63) is 28.9 Å². The van der Waals surface area contributed by atoms with E-state index in [1.807, 2.05) is 18.2 Å². The highest BCUT2D eigenvalue weighted by Crippen LogP contribution is 2.31. The van der Waals surface area contributed by atoms with Crippen LogP contribution in [0, 0.1) is 5.41 Å². The van der Waals surface area contributed by atoms with E-state index in [0.717, 1.165) is 33.9 Å². The van der Waals surface area contributed by atoms with Gasteiger partial charge in [0.05, 0.1) is 17.8 Å². The van der Waals surface area contributed by atoms with Gasteiger partial charge in [0.2, 0.25) is 0 Å². The van der Waals surface area contributed by atoms with Crippen LogP contribution in [-0.4, -0.2) is 23.2 Å². The van der Waals surface area contributed by atoms with Crippen LogP contribution >= 0.6 is 15.9 Å². The van der Waals surface area contributed by atoms with Gasteiger partial charge in [0.1, 0.15) is 0 Å². The van der Waals surface area contributed by atoms with Gasteiger partial charge < -0.3 is 16.2 Å². The number of nitrogens with one attached hydrogen (secondary N) is 1. The zero-order valence-corrected chi connectivity index (χ0v) is 14.1. The molecule has 2 aromatic rings. The molecule has 1 aromatic carbocycles. The van der Waals surface area contributed by atoms with E-state index in [2.05, 4.69) is 40.1 Å². The molecular weight excluding hydrogens is 330 g/mol. The lowest BCUT2D eigenvalue weighted by Crippen LogP contribution is -2.32. The van der Waals surface area contributed by atoms with Gasteiger partial charge in [0, 0.05) is 33.7 Å². The van der Waals surface area contributed by atoms with E-state index in [0.29, 0.717) is 12.2 Å². The third-order valence-electron chi connectivity index (χ3n) is 4.34. The van der Waals surface area contributed by atoms with Crippen molar-refractivity contribution < 1.29 is 5.11 Å². The number of hydrogen-bond acceptors (Lipinski definition) is 4. The topological polar surface area (TPSA) is 71.2 Å². The highest BCUT2D eigenvalue weighted by molar-refractivity contribution is 9.10. The number of nitrogens with zero attached hydrogens (tertiary/aromatic N) is 1. The molecule has 0 saturated carbocycles. The molecule has 0 saturated heterocycles. The van der Waals surface area contributed by atoms with Crippen LogP contribution < -0.4 is 11.1 Å². The predicted octanol–water partition coefficient (Wildman–Crippen LogP) is 3.79. The number of halogens is 1. The molecule has 0 spiro atoms. The largest absolute Gasteiger partial charge is 0.398 e. The molecular formula is C16H22BrN3O. The second-order valence-electron chi connectivity index (χ2n) is 5.47. The first-order valence-corrected chi connectivity index (χ1v) is 8.03. The van der Waals surface area contributed by atoms with E-state index in [1.165, 1.54) is 0 Å². The molecule has 0 bridgehead atoms. The summed E-state index contributed by atoms with van der Waals surface area (Å²) >= 11 is 3.42. The highest BCUT2D eigenvalue weighted by Gasteiger charge is 2.25. The minimum atomic E-state index is -0.0942. The lowest BCUT2D eigenvalue weighted by molar-refractivity contribution is 0.127. The molecule has 0 aliphatic heterocycles. The minimum absolute atomic E-state index is 0.0942.